The molecule has 0 atom stereocenters. The van der Waals surface area contributed by atoms with E-state index in [4.69, 9.17) is 0 Å². The Hall–Kier alpha value is -2.11. The van der Waals surface area contributed by atoms with Gasteiger partial charge in [0.1, 0.15) is 11.5 Å². The second-order valence-electron chi connectivity index (χ2n) is 6.75. The number of imidazole rings is 1. The Morgan fingerprint density at radius 1 is 1.33 bits per heavy atom. The zero-order chi connectivity index (χ0) is 17.1. The topological polar surface area (TPSA) is 56.0 Å². The summed E-state index contributed by atoms with van der Waals surface area (Å²) in [7, 11) is 1.82. The van der Waals surface area contributed by atoms with Crippen LogP contribution in [0.1, 0.15) is 48.2 Å². The van der Waals surface area contributed by atoms with E-state index in [9.17, 15) is 4.79 Å². The lowest BCUT2D eigenvalue weighted by Gasteiger charge is -2.32. The van der Waals surface area contributed by atoms with Crippen molar-refractivity contribution in [3.05, 3.63) is 35.7 Å². The third-order valence-electron chi connectivity index (χ3n) is 5.00. The Kier molecular flexibility index (Phi) is 5.02. The maximum absolute atomic E-state index is 12.5. The van der Waals surface area contributed by atoms with Gasteiger partial charge in [0.25, 0.3) is 5.91 Å². The average molecular weight is 329 g/mol. The largest absolute Gasteiger partial charge is 0.337 e. The molecular formula is C18H27N5O. The first-order valence-corrected chi connectivity index (χ1v) is 8.88. The molecular weight excluding hydrogens is 302 g/mol. The number of carbonyl (C=O) groups excluding carboxylic acids is 1. The summed E-state index contributed by atoms with van der Waals surface area (Å²) in [5.74, 6) is 1.90. The van der Waals surface area contributed by atoms with Gasteiger partial charge in [-0.25, -0.2) is 4.98 Å². The van der Waals surface area contributed by atoms with Crippen molar-refractivity contribution in [1.82, 2.24) is 24.2 Å². The summed E-state index contributed by atoms with van der Waals surface area (Å²) in [4.78, 5) is 19.1. The second kappa shape index (κ2) is 7.20. The highest BCUT2D eigenvalue weighted by molar-refractivity contribution is 5.92. The van der Waals surface area contributed by atoms with Crippen LogP contribution in [0.15, 0.2) is 18.5 Å². The molecule has 1 saturated heterocycles. The molecule has 130 valence electrons. The fraction of sp³-hybridized carbons (Fsp3) is 0.611. The Labute approximate surface area is 143 Å². The van der Waals surface area contributed by atoms with Crippen LogP contribution < -0.4 is 0 Å². The highest BCUT2D eigenvalue weighted by Gasteiger charge is 2.26. The predicted octanol–water partition coefficient (Wildman–Crippen LogP) is 2.43. The molecule has 2 aromatic heterocycles. The Balaban J connectivity index is 1.58. The van der Waals surface area contributed by atoms with Crippen molar-refractivity contribution in [1.29, 1.82) is 0 Å². The second-order valence-corrected chi connectivity index (χ2v) is 6.75. The molecule has 6 nitrogen and oxygen atoms in total. The van der Waals surface area contributed by atoms with Gasteiger partial charge in [0.05, 0.1) is 0 Å². The third kappa shape index (κ3) is 3.37. The fourth-order valence-electron chi connectivity index (χ4n) is 3.55. The lowest BCUT2D eigenvalue weighted by molar-refractivity contribution is 0.0678. The van der Waals surface area contributed by atoms with Crippen molar-refractivity contribution in [2.24, 2.45) is 13.0 Å². The number of hydrogen-bond acceptors (Lipinski definition) is 3. The number of amides is 1. The van der Waals surface area contributed by atoms with E-state index in [1.54, 1.807) is 16.9 Å². The molecule has 24 heavy (non-hydrogen) atoms. The zero-order valence-electron chi connectivity index (χ0n) is 14.9. The third-order valence-corrected chi connectivity index (χ3v) is 5.00. The number of rotatable bonds is 5. The van der Waals surface area contributed by atoms with Crippen LogP contribution in [-0.4, -0.2) is 43.2 Å². The standard InChI is InChI=1S/C18H27N5O/c1-4-9-23-14(2)13-19-17(23)12-15-6-10-22(11-7-15)18(24)16-5-8-20-21(16)3/h5,8,13,15H,4,6-7,9-12H2,1-3H3. The van der Waals surface area contributed by atoms with Crippen LogP contribution in [0, 0.1) is 12.8 Å². The van der Waals surface area contributed by atoms with Crippen LogP contribution in [0.3, 0.4) is 0 Å². The number of hydrogen-bond donors (Lipinski definition) is 0. The van der Waals surface area contributed by atoms with Gasteiger partial charge in [-0.3, -0.25) is 9.48 Å². The zero-order valence-corrected chi connectivity index (χ0v) is 14.9. The molecule has 0 N–H and O–H groups in total. The molecule has 0 bridgehead atoms. The minimum Gasteiger partial charge on any atom is -0.337 e. The van der Waals surface area contributed by atoms with Crippen molar-refractivity contribution in [2.45, 2.75) is 46.1 Å². The van der Waals surface area contributed by atoms with E-state index in [-0.39, 0.29) is 5.91 Å². The summed E-state index contributed by atoms with van der Waals surface area (Å²) >= 11 is 0. The van der Waals surface area contributed by atoms with Crippen LogP contribution >= 0.6 is 0 Å². The fourth-order valence-corrected chi connectivity index (χ4v) is 3.55. The van der Waals surface area contributed by atoms with E-state index in [0.717, 1.165) is 45.3 Å². The summed E-state index contributed by atoms with van der Waals surface area (Å²) in [5, 5.41) is 4.09. The first kappa shape index (κ1) is 16.7. The minimum atomic E-state index is 0.0942. The smallest absolute Gasteiger partial charge is 0.272 e. The molecule has 1 aliphatic heterocycles. The van der Waals surface area contributed by atoms with Crippen LogP contribution in [0.5, 0.6) is 0 Å². The number of nitrogens with zero attached hydrogens (tertiary/aromatic N) is 5. The number of aromatic nitrogens is 4. The van der Waals surface area contributed by atoms with Crippen LogP contribution in [0.2, 0.25) is 0 Å². The highest BCUT2D eigenvalue weighted by Crippen LogP contribution is 2.23. The maximum Gasteiger partial charge on any atom is 0.272 e. The highest BCUT2D eigenvalue weighted by atomic mass is 16.2. The molecule has 1 aliphatic rings. The quantitative estimate of drug-likeness (QED) is 0.846. The summed E-state index contributed by atoms with van der Waals surface area (Å²) < 4.78 is 3.99. The van der Waals surface area contributed by atoms with Gasteiger partial charge < -0.3 is 9.47 Å². The Bertz CT molecular complexity index is 694. The van der Waals surface area contributed by atoms with E-state index in [1.165, 1.54) is 11.5 Å². The van der Waals surface area contributed by atoms with Crippen LogP contribution in [0.4, 0.5) is 0 Å². The molecule has 0 aliphatic carbocycles. The van der Waals surface area contributed by atoms with Crippen molar-refractivity contribution >= 4 is 5.91 Å². The molecule has 0 spiro atoms. The normalized spacial score (nSPS) is 15.9. The Morgan fingerprint density at radius 2 is 2.08 bits per heavy atom. The van der Waals surface area contributed by atoms with Gasteiger partial charge in [-0.15, -0.1) is 0 Å². The number of likely N-dealkylation sites (tertiary alicyclic amines) is 1. The van der Waals surface area contributed by atoms with Crippen molar-refractivity contribution in [3.63, 3.8) is 0 Å². The van der Waals surface area contributed by atoms with E-state index >= 15 is 0 Å². The van der Waals surface area contributed by atoms with E-state index < -0.39 is 0 Å². The number of aryl methyl sites for hydroxylation is 2. The SMILES string of the molecule is CCCn1c(C)cnc1CC1CCN(C(=O)c2ccnn2C)CC1. The molecule has 0 aromatic carbocycles. The van der Waals surface area contributed by atoms with Gasteiger partial charge in [-0.05, 0) is 38.2 Å². The van der Waals surface area contributed by atoms with Gasteiger partial charge in [0.2, 0.25) is 0 Å². The van der Waals surface area contributed by atoms with Crippen molar-refractivity contribution in [3.8, 4) is 0 Å². The van der Waals surface area contributed by atoms with Gasteiger partial charge in [-0.2, -0.15) is 5.10 Å². The Morgan fingerprint density at radius 3 is 2.71 bits per heavy atom. The molecule has 0 unspecified atom stereocenters. The summed E-state index contributed by atoms with van der Waals surface area (Å²) in [6.45, 7) is 7.01. The maximum atomic E-state index is 12.5. The van der Waals surface area contributed by atoms with E-state index in [1.807, 2.05) is 18.1 Å². The first-order chi connectivity index (χ1) is 11.6. The summed E-state index contributed by atoms with van der Waals surface area (Å²) in [6.07, 6.45) is 7.88. The van der Waals surface area contributed by atoms with Gasteiger partial charge in [-0.1, -0.05) is 6.92 Å². The minimum absolute atomic E-state index is 0.0942. The molecule has 0 saturated carbocycles. The van der Waals surface area contributed by atoms with E-state index in [2.05, 4.69) is 28.5 Å². The molecule has 2 aromatic rings. The van der Waals surface area contributed by atoms with Gasteiger partial charge >= 0.3 is 0 Å². The lowest BCUT2D eigenvalue weighted by atomic mass is 9.93. The lowest BCUT2D eigenvalue weighted by Crippen LogP contribution is -2.39. The van der Waals surface area contributed by atoms with Gasteiger partial charge in [0, 0.05) is 51.2 Å². The number of carbonyl (C=O) groups is 1. The summed E-state index contributed by atoms with van der Waals surface area (Å²) in [5.41, 5.74) is 1.92. The average Bonchev–Trinajstić information content (AvgIpc) is 3.16. The number of piperidine rings is 1. The molecule has 3 heterocycles. The predicted molar refractivity (Wildman–Crippen MR) is 92.8 cm³/mol. The molecule has 6 heteroatoms. The summed E-state index contributed by atoms with van der Waals surface area (Å²) in [6, 6.07) is 1.79. The molecule has 3 rings (SSSR count). The van der Waals surface area contributed by atoms with Crippen LogP contribution in [-0.2, 0) is 20.0 Å². The molecule has 1 amide bonds. The van der Waals surface area contributed by atoms with Crippen LogP contribution in [0.25, 0.3) is 0 Å². The monoisotopic (exact) mass is 329 g/mol. The molecule has 0 radical (unpaired) electrons. The van der Waals surface area contributed by atoms with E-state index in [0.29, 0.717) is 11.6 Å². The van der Waals surface area contributed by atoms with Crippen molar-refractivity contribution in [2.75, 3.05) is 13.1 Å². The first-order valence-electron chi connectivity index (χ1n) is 8.88. The van der Waals surface area contributed by atoms with Gasteiger partial charge in [0.15, 0.2) is 0 Å². The van der Waals surface area contributed by atoms with Crippen molar-refractivity contribution < 1.29 is 4.79 Å². The molecule has 1 fully saturated rings.